The van der Waals surface area contributed by atoms with Gasteiger partial charge in [-0.2, -0.15) is 0 Å². The number of carbonyl (C=O) groups excluding carboxylic acids is 1. The van der Waals surface area contributed by atoms with Crippen molar-refractivity contribution in [2.75, 3.05) is 47.1 Å². The minimum absolute atomic E-state index is 0.0796. The van der Waals surface area contributed by atoms with E-state index in [-0.39, 0.29) is 24.3 Å². The first-order valence-corrected chi connectivity index (χ1v) is 7.32. The molecule has 22 heavy (non-hydrogen) atoms. The van der Waals surface area contributed by atoms with Crippen molar-refractivity contribution in [2.24, 2.45) is 0 Å². The van der Waals surface area contributed by atoms with Gasteiger partial charge in [0.1, 0.15) is 5.82 Å². The Morgan fingerprint density at radius 3 is 2.23 bits per heavy atom. The molecule has 5 nitrogen and oxygen atoms in total. The Bertz CT molecular complexity index is 432. The second-order valence-corrected chi connectivity index (χ2v) is 5.10. The first kappa shape index (κ1) is 18.5. The van der Waals surface area contributed by atoms with Gasteiger partial charge in [-0.05, 0) is 24.6 Å². The highest BCUT2D eigenvalue weighted by atomic mass is 19.1. The summed E-state index contributed by atoms with van der Waals surface area (Å²) in [4.78, 5) is 14.1. The van der Waals surface area contributed by atoms with Crippen LogP contribution in [0, 0.1) is 5.82 Å². The van der Waals surface area contributed by atoms with Crippen LogP contribution in [0.5, 0.6) is 0 Å². The van der Waals surface area contributed by atoms with Crippen LogP contribution < -0.4 is 5.32 Å². The Balaban J connectivity index is 2.48. The molecule has 0 aliphatic carbocycles. The molecule has 0 spiro atoms. The van der Waals surface area contributed by atoms with E-state index in [2.05, 4.69) is 5.32 Å². The van der Waals surface area contributed by atoms with Crippen molar-refractivity contribution in [1.29, 1.82) is 0 Å². The molecule has 0 bridgehead atoms. The Morgan fingerprint density at radius 2 is 1.73 bits per heavy atom. The summed E-state index contributed by atoms with van der Waals surface area (Å²) < 4.78 is 23.0. The van der Waals surface area contributed by atoms with Gasteiger partial charge in [0, 0.05) is 27.3 Å². The Labute approximate surface area is 131 Å². The summed E-state index contributed by atoms with van der Waals surface area (Å²) in [5, 5.41) is 2.91. The van der Waals surface area contributed by atoms with E-state index in [0.717, 1.165) is 5.56 Å². The first-order chi connectivity index (χ1) is 10.6. The van der Waals surface area contributed by atoms with Gasteiger partial charge in [0.15, 0.2) is 0 Å². The molecule has 1 atom stereocenters. The molecule has 1 amide bonds. The highest BCUT2D eigenvalue weighted by Gasteiger charge is 2.13. The molecule has 0 heterocycles. The lowest BCUT2D eigenvalue weighted by Crippen LogP contribution is -2.41. The van der Waals surface area contributed by atoms with Gasteiger partial charge in [-0.1, -0.05) is 12.1 Å². The first-order valence-electron chi connectivity index (χ1n) is 7.32. The molecule has 1 N–H and O–H groups in total. The van der Waals surface area contributed by atoms with Gasteiger partial charge in [0.05, 0.1) is 25.8 Å². The Hall–Kier alpha value is -1.50. The summed E-state index contributed by atoms with van der Waals surface area (Å²) in [7, 11) is 3.26. The molecular weight excluding hydrogens is 287 g/mol. The molecule has 6 heteroatoms. The maximum absolute atomic E-state index is 12.9. The number of nitrogens with zero attached hydrogens (tertiary/aromatic N) is 1. The largest absolute Gasteiger partial charge is 0.383 e. The average Bonchev–Trinajstić information content (AvgIpc) is 2.50. The lowest BCUT2D eigenvalue weighted by molar-refractivity contribution is -0.123. The van der Waals surface area contributed by atoms with Gasteiger partial charge in [-0.25, -0.2) is 4.39 Å². The molecule has 0 fully saturated rings. The van der Waals surface area contributed by atoms with E-state index in [4.69, 9.17) is 9.47 Å². The number of hydrogen-bond donors (Lipinski definition) is 1. The van der Waals surface area contributed by atoms with E-state index >= 15 is 0 Å². The third-order valence-electron chi connectivity index (χ3n) is 3.34. The Morgan fingerprint density at radius 1 is 1.18 bits per heavy atom. The predicted molar refractivity (Wildman–Crippen MR) is 83.1 cm³/mol. The number of ether oxygens (including phenoxy) is 2. The number of methoxy groups -OCH3 is 2. The zero-order valence-corrected chi connectivity index (χ0v) is 13.5. The maximum Gasteiger partial charge on any atom is 0.234 e. The molecule has 0 aliphatic rings. The van der Waals surface area contributed by atoms with E-state index in [1.807, 2.05) is 11.8 Å². The van der Waals surface area contributed by atoms with Crippen LogP contribution in [-0.2, 0) is 14.3 Å². The van der Waals surface area contributed by atoms with Crippen LogP contribution in [0.15, 0.2) is 24.3 Å². The fourth-order valence-corrected chi connectivity index (χ4v) is 2.04. The predicted octanol–water partition coefficient (Wildman–Crippen LogP) is 1.60. The molecule has 0 saturated heterocycles. The molecule has 0 aromatic heterocycles. The minimum atomic E-state index is -0.285. The smallest absolute Gasteiger partial charge is 0.234 e. The lowest BCUT2D eigenvalue weighted by atomic mass is 10.1. The van der Waals surface area contributed by atoms with Crippen molar-refractivity contribution >= 4 is 5.91 Å². The molecule has 1 unspecified atom stereocenters. The number of rotatable bonds is 10. The summed E-state index contributed by atoms with van der Waals surface area (Å²) in [5.74, 6) is -0.364. The van der Waals surface area contributed by atoms with Gasteiger partial charge < -0.3 is 14.8 Å². The van der Waals surface area contributed by atoms with Crippen LogP contribution in [0.3, 0.4) is 0 Å². The highest BCUT2D eigenvalue weighted by molar-refractivity contribution is 5.78. The van der Waals surface area contributed by atoms with E-state index in [0.29, 0.717) is 26.3 Å². The summed E-state index contributed by atoms with van der Waals surface area (Å²) in [6, 6.07) is 5.96. The number of amides is 1. The third-order valence-corrected chi connectivity index (χ3v) is 3.34. The van der Waals surface area contributed by atoms with Gasteiger partial charge >= 0.3 is 0 Å². The van der Waals surface area contributed by atoms with Crippen molar-refractivity contribution in [3.05, 3.63) is 35.6 Å². The van der Waals surface area contributed by atoms with Gasteiger partial charge in [0.2, 0.25) is 5.91 Å². The van der Waals surface area contributed by atoms with Crippen LogP contribution in [0.1, 0.15) is 18.5 Å². The standard InChI is InChI=1S/C16H25FN2O3/c1-13(14-4-6-15(17)7-5-14)18-16(20)12-19(8-10-21-2)9-11-22-3/h4-7,13H,8-12H2,1-3H3,(H,18,20). The quantitative estimate of drug-likeness (QED) is 0.713. The SMILES string of the molecule is COCCN(CCOC)CC(=O)NC(C)c1ccc(F)cc1. The minimum Gasteiger partial charge on any atom is -0.383 e. The van der Waals surface area contributed by atoms with Crippen LogP contribution in [-0.4, -0.2) is 57.9 Å². The summed E-state index contributed by atoms with van der Waals surface area (Å²) >= 11 is 0. The van der Waals surface area contributed by atoms with Crippen LogP contribution in [0.4, 0.5) is 4.39 Å². The van der Waals surface area contributed by atoms with Crippen LogP contribution >= 0.6 is 0 Å². The molecule has 0 radical (unpaired) electrons. The number of benzene rings is 1. The van der Waals surface area contributed by atoms with Crippen molar-refractivity contribution < 1.29 is 18.7 Å². The molecular formula is C16H25FN2O3. The van der Waals surface area contributed by atoms with Crippen molar-refractivity contribution in [3.63, 3.8) is 0 Å². The van der Waals surface area contributed by atoms with Gasteiger partial charge in [0.25, 0.3) is 0 Å². The maximum atomic E-state index is 12.9. The highest BCUT2D eigenvalue weighted by Crippen LogP contribution is 2.12. The van der Waals surface area contributed by atoms with Crippen LogP contribution in [0.25, 0.3) is 0 Å². The Kier molecular flexibility index (Phi) is 8.65. The normalized spacial score (nSPS) is 12.4. The number of halogens is 1. The molecule has 1 aromatic carbocycles. The van der Waals surface area contributed by atoms with E-state index in [9.17, 15) is 9.18 Å². The monoisotopic (exact) mass is 312 g/mol. The van der Waals surface area contributed by atoms with Crippen molar-refractivity contribution in [2.45, 2.75) is 13.0 Å². The van der Waals surface area contributed by atoms with Gasteiger partial charge in [-0.3, -0.25) is 9.69 Å². The molecule has 124 valence electrons. The molecule has 1 aromatic rings. The fraction of sp³-hybridized carbons (Fsp3) is 0.562. The zero-order valence-electron chi connectivity index (χ0n) is 13.5. The van der Waals surface area contributed by atoms with Crippen molar-refractivity contribution in [1.82, 2.24) is 10.2 Å². The second kappa shape index (κ2) is 10.3. The zero-order chi connectivity index (χ0) is 16.4. The number of carbonyl (C=O) groups is 1. The third kappa shape index (κ3) is 6.98. The lowest BCUT2D eigenvalue weighted by Gasteiger charge is -2.22. The summed E-state index contributed by atoms with van der Waals surface area (Å²) in [6.07, 6.45) is 0. The summed E-state index contributed by atoms with van der Waals surface area (Å²) in [6.45, 7) is 4.60. The van der Waals surface area contributed by atoms with Gasteiger partial charge in [-0.15, -0.1) is 0 Å². The van der Waals surface area contributed by atoms with E-state index < -0.39 is 0 Å². The van der Waals surface area contributed by atoms with Crippen LogP contribution in [0.2, 0.25) is 0 Å². The summed E-state index contributed by atoms with van der Waals surface area (Å²) in [5.41, 5.74) is 0.870. The molecule has 0 saturated carbocycles. The van der Waals surface area contributed by atoms with Crippen molar-refractivity contribution in [3.8, 4) is 0 Å². The number of nitrogens with one attached hydrogen (secondary N) is 1. The fourth-order valence-electron chi connectivity index (χ4n) is 2.04. The van der Waals surface area contributed by atoms with E-state index in [1.54, 1.807) is 26.4 Å². The second-order valence-electron chi connectivity index (χ2n) is 5.10. The van der Waals surface area contributed by atoms with E-state index in [1.165, 1.54) is 12.1 Å². The molecule has 0 aliphatic heterocycles. The molecule has 1 rings (SSSR count). The topological polar surface area (TPSA) is 50.8 Å². The number of hydrogen-bond acceptors (Lipinski definition) is 4. The average molecular weight is 312 g/mol.